The maximum atomic E-state index is 12.7. The normalized spacial score (nSPS) is 11.8. The second-order valence-corrected chi connectivity index (χ2v) is 9.95. The molecule has 0 aliphatic carbocycles. The van der Waals surface area contributed by atoms with Crippen LogP contribution in [0, 0.1) is 10.1 Å². The van der Waals surface area contributed by atoms with Crippen molar-refractivity contribution in [2.75, 3.05) is 10.5 Å². The highest BCUT2D eigenvalue weighted by Gasteiger charge is 2.25. The number of para-hydroxylation sites is 1. The highest BCUT2D eigenvalue weighted by Crippen LogP contribution is 2.27. The summed E-state index contributed by atoms with van der Waals surface area (Å²) in [6.07, 6.45) is 0. The molecule has 3 aromatic rings. The van der Waals surface area contributed by atoms with Gasteiger partial charge in [0.25, 0.3) is 15.7 Å². The Bertz CT molecular complexity index is 1310. The molecule has 0 amide bonds. The van der Waals surface area contributed by atoms with Gasteiger partial charge in [0, 0.05) is 17.3 Å². The summed E-state index contributed by atoms with van der Waals surface area (Å²) in [6.45, 7) is 1.50. The van der Waals surface area contributed by atoms with Crippen molar-refractivity contribution in [3.8, 4) is 11.3 Å². The fourth-order valence-electron chi connectivity index (χ4n) is 2.58. The number of hydrogen-bond acceptors (Lipinski definition) is 8. The number of hydrogen-bond donors (Lipinski definition) is 1. The molecule has 156 valence electrons. The fourth-order valence-corrected chi connectivity index (χ4v) is 4.53. The van der Waals surface area contributed by atoms with Crippen molar-refractivity contribution >= 4 is 31.2 Å². The highest BCUT2D eigenvalue weighted by molar-refractivity contribution is 7.93. The Morgan fingerprint density at radius 3 is 2.33 bits per heavy atom. The minimum Gasteiger partial charge on any atom is -0.279 e. The van der Waals surface area contributed by atoms with Gasteiger partial charge in [-0.25, -0.2) is 16.8 Å². The Morgan fingerprint density at radius 2 is 1.70 bits per heavy atom. The lowest BCUT2D eigenvalue weighted by Gasteiger charge is -2.10. The quantitative estimate of drug-likeness (QED) is 0.428. The van der Waals surface area contributed by atoms with Crippen LogP contribution >= 0.6 is 0 Å². The van der Waals surface area contributed by atoms with Crippen molar-refractivity contribution < 1.29 is 21.8 Å². The molecule has 0 saturated heterocycles. The van der Waals surface area contributed by atoms with E-state index >= 15 is 0 Å². The molecule has 0 fully saturated rings. The Kier molecular flexibility index (Phi) is 5.80. The number of nitrogens with zero attached hydrogens (tertiary/aromatic N) is 3. The van der Waals surface area contributed by atoms with Gasteiger partial charge in [0.2, 0.25) is 0 Å². The van der Waals surface area contributed by atoms with Crippen molar-refractivity contribution in [1.82, 2.24) is 10.2 Å². The number of aromatic nitrogens is 2. The second kappa shape index (κ2) is 8.16. The van der Waals surface area contributed by atoms with E-state index in [-0.39, 0.29) is 16.5 Å². The van der Waals surface area contributed by atoms with Crippen molar-refractivity contribution in [3.05, 3.63) is 70.8 Å². The summed E-state index contributed by atoms with van der Waals surface area (Å²) in [5.74, 6) is -0.107. The van der Waals surface area contributed by atoms with Gasteiger partial charge in [-0.3, -0.25) is 14.8 Å². The summed E-state index contributed by atoms with van der Waals surface area (Å²) >= 11 is 0. The molecule has 30 heavy (non-hydrogen) atoms. The smallest absolute Gasteiger partial charge is 0.279 e. The van der Waals surface area contributed by atoms with Gasteiger partial charge in [0.15, 0.2) is 19.8 Å². The van der Waals surface area contributed by atoms with Gasteiger partial charge in [0.1, 0.15) is 0 Å². The van der Waals surface area contributed by atoms with Gasteiger partial charge in [-0.05, 0) is 30.3 Å². The van der Waals surface area contributed by atoms with E-state index in [1.54, 1.807) is 12.1 Å². The zero-order valence-corrected chi connectivity index (χ0v) is 17.2. The Balaban J connectivity index is 1.92. The number of nitro benzene ring substituents is 1. The van der Waals surface area contributed by atoms with Crippen molar-refractivity contribution in [2.45, 2.75) is 16.8 Å². The maximum absolute atomic E-state index is 12.7. The standard InChI is InChI=1S/C18H16N4O6S2/c1-2-29(25,26)18-11-10-15(19-20-18)13-6-5-7-14(12-13)21-30(27,28)17-9-4-3-8-16(17)22(23)24/h3-12,21H,2H2,1H3. The zero-order chi connectivity index (χ0) is 21.9. The van der Waals surface area contributed by atoms with Crippen LogP contribution in [0.5, 0.6) is 0 Å². The molecule has 1 aromatic heterocycles. The third-order valence-corrected chi connectivity index (χ3v) is 7.14. The van der Waals surface area contributed by atoms with E-state index in [4.69, 9.17) is 0 Å². The van der Waals surface area contributed by atoms with E-state index in [0.717, 1.165) is 12.1 Å². The average Bonchev–Trinajstić information content (AvgIpc) is 2.73. The molecule has 0 aliphatic heterocycles. The van der Waals surface area contributed by atoms with Crippen LogP contribution in [0.15, 0.2) is 70.6 Å². The summed E-state index contributed by atoms with van der Waals surface area (Å²) < 4.78 is 51.3. The van der Waals surface area contributed by atoms with Gasteiger partial charge in [-0.1, -0.05) is 31.2 Å². The van der Waals surface area contributed by atoms with Crippen molar-refractivity contribution in [2.24, 2.45) is 0 Å². The number of anilines is 1. The largest absolute Gasteiger partial charge is 0.289 e. The molecular weight excluding hydrogens is 432 g/mol. The minimum absolute atomic E-state index is 0.107. The molecule has 2 aromatic carbocycles. The lowest BCUT2D eigenvalue weighted by Crippen LogP contribution is -2.14. The molecule has 0 saturated carbocycles. The predicted molar refractivity (Wildman–Crippen MR) is 109 cm³/mol. The van der Waals surface area contributed by atoms with E-state index in [1.165, 1.54) is 43.3 Å². The van der Waals surface area contributed by atoms with E-state index in [0.29, 0.717) is 11.3 Å². The molecule has 0 aliphatic rings. The van der Waals surface area contributed by atoms with Crippen LogP contribution < -0.4 is 4.72 Å². The second-order valence-electron chi connectivity index (χ2n) is 6.07. The van der Waals surface area contributed by atoms with Gasteiger partial charge in [-0.2, -0.15) is 0 Å². The molecule has 0 atom stereocenters. The van der Waals surface area contributed by atoms with E-state index in [2.05, 4.69) is 14.9 Å². The number of sulfone groups is 1. The molecule has 0 radical (unpaired) electrons. The van der Waals surface area contributed by atoms with Gasteiger partial charge < -0.3 is 0 Å². The zero-order valence-electron chi connectivity index (χ0n) is 15.6. The number of rotatable bonds is 7. The van der Waals surface area contributed by atoms with Crippen LogP contribution in [0.2, 0.25) is 0 Å². The van der Waals surface area contributed by atoms with Crippen LogP contribution in [-0.2, 0) is 19.9 Å². The Labute approximate surface area is 172 Å². The number of benzene rings is 2. The van der Waals surface area contributed by atoms with E-state index in [9.17, 15) is 26.9 Å². The molecule has 10 nitrogen and oxygen atoms in total. The molecular formula is C18H16N4O6S2. The van der Waals surface area contributed by atoms with Gasteiger partial charge in [-0.15, -0.1) is 10.2 Å². The van der Waals surface area contributed by atoms with Crippen LogP contribution in [0.3, 0.4) is 0 Å². The lowest BCUT2D eigenvalue weighted by atomic mass is 10.1. The number of nitrogens with one attached hydrogen (secondary N) is 1. The van der Waals surface area contributed by atoms with E-state index < -0.39 is 35.4 Å². The van der Waals surface area contributed by atoms with Crippen LogP contribution in [0.4, 0.5) is 11.4 Å². The summed E-state index contributed by atoms with van der Waals surface area (Å²) in [5.41, 5.74) is 0.417. The molecule has 1 heterocycles. The van der Waals surface area contributed by atoms with Crippen LogP contribution in [0.1, 0.15) is 6.92 Å². The first-order chi connectivity index (χ1) is 14.1. The predicted octanol–water partition coefficient (Wildman–Crippen LogP) is 2.65. The summed E-state index contributed by atoms with van der Waals surface area (Å²) in [4.78, 5) is 9.90. The monoisotopic (exact) mass is 448 g/mol. The van der Waals surface area contributed by atoms with E-state index in [1.807, 2.05) is 0 Å². The first-order valence-corrected chi connectivity index (χ1v) is 11.7. The highest BCUT2D eigenvalue weighted by atomic mass is 32.2. The van der Waals surface area contributed by atoms with Gasteiger partial charge >= 0.3 is 0 Å². The fraction of sp³-hybridized carbons (Fsp3) is 0.111. The SMILES string of the molecule is CCS(=O)(=O)c1ccc(-c2cccc(NS(=O)(=O)c3ccccc3[N+](=O)[O-])c2)nn1. The van der Waals surface area contributed by atoms with Gasteiger partial charge in [0.05, 0.1) is 16.4 Å². The minimum atomic E-state index is -4.22. The third kappa shape index (κ3) is 4.44. The number of nitro groups is 1. The Morgan fingerprint density at radius 1 is 0.967 bits per heavy atom. The average molecular weight is 448 g/mol. The molecule has 3 rings (SSSR count). The lowest BCUT2D eigenvalue weighted by molar-refractivity contribution is -0.387. The number of sulfonamides is 1. The summed E-state index contributed by atoms with van der Waals surface area (Å²) in [7, 11) is -7.72. The summed E-state index contributed by atoms with van der Waals surface area (Å²) in [5, 5.41) is 18.6. The van der Waals surface area contributed by atoms with Crippen molar-refractivity contribution in [3.63, 3.8) is 0 Å². The first-order valence-electron chi connectivity index (χ1n) is 8.57. The van der Waals surface area contributed by atoms with Crippen molar-refractivity contribution in [1.29, 1.82) is 0 Å². The molecule has 0 unspecified atom stereocenters. The molecule has 0 spiro atoms. The van der Waals surface area contributed by atoms with Crippen LogP contribution in [-0.4, -0.2) is 37.7 Å². The molecule has 1 N–H and O–H groups in total. The molecule has 12 heteroatoms. The van der Waals surface area contributed by atoms with Crippen LogP contribution in [0.25, 0.3) is 11.3 Å². The third-order valence-electron chi connectivity index (χ3n) is 4.10. The first kappa shape index (κ1) is 21.3. The topological polar surface area (TPSA) is 149 Å². The maximum Gasteiger partial charge on any atom is 0.289 e. The Hall–Kier alpha value is -3.38. The molecule has 0 bridgehead atoms. The summed E-state index contributed by atoms with van der Waals surface area (Å²) in [6, 6.07) is 13.9.